The van der Waals surface area contributed by atoms with Gasteiger partial charge in [0.05, 0.1) is 12.7 Å². The number of aromatic nitrogens is 2. The maximum Gasteiger partial charge on any atom is 0.315 e. The van der Waals surface area contributed by atoms with Crippen LogP contribution in [-0.4, -0.2) is 27.5 Å². The normalized spacial score (nSPS) is 13.8. The summed E-state index contributed by atoms with van der Waals surface area (Å²) < 4.78 is 1.68. The van der Waals surface area contributed by atoms with Crippen LogP contribution < -0.4 is 10.6 Å². The van der Waals surface area contributed by atoms with Crippen molar-refractivity contribution in [1.82, 2.24) is 20.4 Å². The first-order chi connectivity index (χ1) is 9.47. The third-order valence-electron chi connectivity index (χ3n) is 2.95. The molecule has 0 aliphatic heterocycles. The van der Waals surface area contributed by atoms with E-state index in [0.717, 1.165) is 11.1 Å². The van der Waals surface area contributed by atoms with Gasteiger partial charge in [0.25, 0.3) is 0 Å². The van der Waals surface area contributed by atoms with E-state index in [4.69, 9.17) is 0 Å². The largest absolute Gasteiger partial charge is 0.384 e. The highest BCUT2D eigenvalue weighted by atomic mass is 32.1. The minimum atomic E-state index is -1.06. The minimum absolute atomic E-state index is 0.155. The summed E-state index contributed by atoms with van der Waals surface area (Å²) in [6, 6.07) is 1.53. The van der Waals surface area contributed by atoms with Crippen LogP contribution in [0.25, 0.3) is 0 Å². The third kappa shape index (κ3) is 3.82. The molecular formula is C13H18N4O2S. The van der Waals surface area contributed by atoms with Gasteiger partial charge in [0.15, 0.2) is 0 Å². The van der Waals surface area contributed by atoms with Gasteiger partial charge in [-0.25, -0.2) is 4.79 Å². The molecule has 2 aromatic rings. The van der Waals surface area contributed by atoms with Crippen LogP contribution in [0, 0.1) is 0 Å². The first-order valence-electron chi connectivity index (χ1n) is 6.21. The van der Waals surface area contributed by atoms with Crippen molar-refractivity contribution in [2.24, 2.45) is 7.05 Å². The van der Waals surface area contributed by atoms with Gasteiger partial charge in [-0.05, 0) is 29.3 Å². The van der Waals surface area contributed by atoms with Crippen molar-refractivity contribution in [3.63, 3.8) is 0 Å². The smallest absolute Gasteiger partial charge is 0.315 e. The Kier molecular flexibility index (Phi) is 4.41. The molecule has 0 bridgehead atoms. The van der Waals surface area contributed by atoms with E-state index >= 15 is 0 Å². The third-order valence-corrected chi connectivity index (χ3v) is 3.63. The summed E-state index contributed by atoms with van der Waals surface area (Å²) in [4.78, 5) is 11.7. The lowest BCUT2D eigenvalue weighted by molar-refractivity contribution is 0.0598. The van der Waals surface area contributed by atoms with Gasteiger partial charge in [0.2, 0.25) is 0 Å². The molecule has 0 spiro atoms. The Labute approximate surface area is 121 Å². The standard InChI is InChI=1S/C13H18N4O2S/c1-13(19,11-3-4-20-8-11)9-15-12(18)14-5-10-6-16-17(2)7-10/h3-4,6-8,19H,5,9H2,1-2H3,(H2,14,15,18). The summed E-state index contributed by atoms with van der Waals surface area (Å²) in [7, 11) is 1.82. The molecule has 0 aliphatic carbocycles. The molecule has 20 heavy (non-hydrogen) atoms. The van der Waals surface area contributed by atoms with Gasteiger partial charge >= 0.3 is 6.03 Å². The van der Waals surface area contributed by atoms with Gasteiger partial charge in [-0.3, -0.25) is 4.68 Å². The lowest BCUT2D eigenvalue weighted by Gasteiger charge is -2.22. The molecule has 0 aliphatic rings. The lowest BCUT2D eigenvalue weighted by Crippen LogP contribution is -2.43. The highest BCUT2D eigenvalue weighted by Crippen LogP contribution is 2.21. The van der Waals surface area contributed by atoms with Crippen LogP contribution >= 0.6 is 11.3 Å². The minimum Gasteiger partial charge on any atom is -0.384 e. The van der Waals surface area contributed by atoms with Crippen molar-refractivity contribution in [1.29, 1.82) is 0 Å². The Hall–Kier alpha value is -1.86. The number of thiophene rings is 1. The summed E-state index contributed by atoms with van der Waals surface area (Å²) in [6.07, 6.45) is 3.53. The molecule has 0 radical (unpaired) electrons. The van der Waals surface area contributed by atoms with Crippen molar-refractivity contribution in [3.05, 3.63) is 40.3 Å². The van der Waals surface area contributed by atoms with E-state index < -0.39 is 5.60 Å². The zero-order chi connectivity index (χ0) is 14.6. The fourth-order valence-corrected chi connectivity index (χ4v) is 2.52. The van der Waals surface area contributed by atoms with Crippen LogP contribution in [0.5, 0.6) is 0 Å². The summed E-state index contributed by atoms with van der Waals surface area (Å²) in [6.45, 7) is 2.24. The Morgan fingerprint density at radius 1 is 1.55 bits per heavy atom. The Balaban J connectivity index is 1.77. The van der Waals surface area contributed by atoms with Crippen molar-refractivity contribution in [3.8, 4) is 0 Å². The van der Waals surface area contributed by atoms with Gasteiger partial charge in [0.1, 0.15) is 5.60 Å². The second kappa shape index (κ2) is 6.06. The van der Waals surface area contributed by atoms with E-state index in [-0.39, 0.29) is 12.6 Å². The van der Waals surface area contributed by atoms with Crippen LogP contribution in [0.2, 0.25) is 0 Å². The summed E-state index contributed by atoms with van der Waals surface area (Å²) in [5.74, 6) is 0. The number of aryl methyl sites for hydroxylation is 1. The van der Waals surface area contributed by atoms with Crippen molar-refractivity contribution < 1.29 is 9.90 Å². The van der Waals surface area contributed by atoms with Gasteiger partial charge in [-0.2, -0.15) is 16.4 Å². The fraction of sp³-hybridized carbons (Fsp3) is 0.385. The molecule has 1 unspecified atom stereocenters. The van der Waals surface area contributed by atoms with Crippen LogP contribution in [0.15, 0.2) is 29.2 Å². The molecule has 2 rings (SSSR count). The van der Waals surface area contributed by atoms with Crippen LogP contribution in [0.1, 0.15) is 18.1 Å². The van der Waals surface area contributed by atoms with Crippen molar-refractivity contribution in [2.45, 2.75) is 19.1 Å². The number of urea groups is 1. The highest BCUT2D eigenvalue weighted by Gasteiger charge is 2.24. The number of hydrogen-bond acceptors (Lipinski definition) is 4. The van der Waals surface area contributed by atoms with Gasteiger partial charge in [-0.1, -0.05) is 0 Å². The quantitative estimate of drug-likeness (QED) is 0.775. The van der Waals surface area contributed by atoms with E-state index in [1.807, 2.05) is 30.1 Å². The van der Waals surface area contributed by atoms with Gasteiger partial charge in [-0.15, -0.1) is 0 Å². The molecule has 0 aromatic carbocycles. The fourth-order valence-electron chi connectivity index (χ4n) is 1.73. The van der Waals surface area contributed by atoms with E-state index in [1.54, 1.807) is 17.8 Å². The zero-order valence-electron chi connectivity index (χ0n) is 11.5. The molecule has 0 fully saturated rings. The maximum atomic E-state index is 11.7. The molecular weight excluding hydrogens is 276 g/mol. The van der Waals surface area contributed by atoms with Crippen molar-refractivity contribution in [2.75, 3.05) is 6.54 Å². The van der Waals surface area contributed by atoms with Crippen LogP contribution in [0.4, 0.5) is 4.79 Å². The molecule has 7 heteroatoms. The SMILES string of the molecule is Cn1cc(CNC(=O)NCC(C)(O)c2ccsc2)cn1. The number of carbonyl (C=O) groups is 1. The zero-order valence-corrected chi connectivity index (χ0v) is 12.3. The summed E-state index contributed by atoms with van der Waals surface area (Å²) >= 11 is 1.51. The van der Waals surface area contributed by atoms with Gasteiger partial charge in [0, 0.05) is 25.4 Å². The molecule has 2 heterocycles. The van der Waals surface area contributed by atoms with E-state index in [2.05, 4.69) is 15.7 Å². The molecule has 108 valence electrons. The van der Waals surface area contributed by atoms with Gasteiger partial charge < -0.3 is 15.7 Å². The number of rotatable bonds is 5. The molecule has 6 nitrogen and oxygen atoms in total. The van der Waals surface area contributed by atoms with Crippen molar-refractivity contribution >= 4 is 17.4 Å². The lowest BCUT2D eigenvalue weighted by atomic mass is 9.99. The number of aliphatic hydroxyl groups is 1. The summed E-state index contributed by atoms with van der Waals surface area (Å²) in [5.41, 5.74) is 0.661. The van der Waals surface area contributed by atoms with E-state index in [1.165, 1.54) is 11.3 Å². The predicted molar refractivity (Wildman–Crippen MR) is 77.3 cm³/mol. The number of amides is 2. The molecule has 3 N–H and O–H groups in total. The second-order valence-electron chi connectivity index (χ2n) is 4.84. The molecule has 1 atom stereocenters. The number of hydrogen-bond donors (Lipinski definition) is 3. The predicted octanol–water partition coefficient (Wildman–Crippen LogP) is 1.19. The molecule has 2 aromatic heterocycles. The first-order valence-corrected chi connectivity index (χ1v) is 7.16. The van der Waals surface area contributed by atoms with Crippen LogP contribution in [0.3, 0.4) is 0 Å². The average Bonchev–Trinajstić information content (AvgIpc) is 3.05. The van der Waals surface area contributed by atoms with E-state index in [0.29, 0.717) is 6.54 Å². The Morgan fingerprint density at radius 2 is 2.35 bits per heavy atom. The molecule has 2 amide bonds. The van der Waals surface area contributed by atoms with E-state index in [9.17, 15) is 9.90 Å². The first kappa shape index (κ1) is 14.5. The Morgan fingerprint density at radius 3 is 2.95 bits per heavy atom. The second-order valence-corrected chi connectivity index (χ2v) is 5.62. The average molecular weight is 294 g/mol. The molecule has 0 saturated heterocycles. The maximum absolute atomic E-state index is 11.7. The molecule has 0 saturated carbocycles. The summed E-state index contributed by atoms with van der Waals surface area (Å²) in [5, 5.41) is 23.4. The Bertz CT molecular complexity index is 563. The number of nitrogens with one attached hydrogen (secondary N) is 2. The monoisotopic (exact) mass is 294 g/mol. The topological polar surface area (TPSA) is 79.2 Å². The highest BCUT2D eigenvalue weighted by molar-refractivity contribution is 7.08. The number of carbonyl (C=O) groups excluding carboxylic acids is 1. The number of nitrogens with zero attached hydrogens (tertiary/aromatic N) is 2. The van der Waals surface area contributed by atoms with Crippen LogP contribution in [-0.2, 0) is 19.2 Å².